The zero-order valence-corrected chi connectivity index (χ0v) is 15.4. The number of aromatic nitrogens is 1. The molecule has 0 saturated heterocycles. The maximum atomic E-state index is 12.3. The van der Waals surface area contributed by atoms with Gasteiger partial charge in [-0.2, -0.15) is 5.10 Å². The van der Waals surface area contributed by atoms with E-state index in [1.807, 2.05) is 0 Å². The van der Waals surface area contributed by atoms with Gasteiger partial charge >= 0.3 is 0 Å². The molecule has 2 saturated carbocycles. The summed E-state index contributed by atoms with van der Waals surface area (Å²) in [5.41, 5.74) is 9.25. The lowest BCUT2D eigenvalue weighted by Crippen LogP contribution is -2.30. The Bertz CT molecular complexity index is 692. The Morgan fingerprint density at radius 3 is 2.58 bits per heavy atom. The minimum atomic E-state index is -0.538. The van der Waals surface area contributed by atoms with Crippen LogP contribution in [0.25, 0.3) is 0 Å². The summed E-state index contributed by atoms with van der Waals surface area (Å²) in [4.78, 5) is 16.2. The predicted molar refractivity (Wildman–Crippen MR) is 97.9 cm³/mol. The van der Waals surface area contributed by atoms with Crippen molar-refractivity contribution in [1.29, 1.82) is 0 Å². The molecule has 1 amide bonds. The lowest BCUT2D eigenvalue weighted by molar-refractivity contribution is 0.0949. The molecule has 2 aliphatic rings. The SMILES string of the molecule is Nc1c(Cl)c(Cl)nc(C(=O)NN=C2CC[C@@H]3CCCC[C@H]3C2)c1Cl. The van der Waals surface area contributed by atoms with Crippen molar-refractivity contribution in [3.8, 4) is 0 Å². The molecule has 2 fully saturated rings. The summed E-state index contributed by atoms with van der Waals surface area (Å²) in [6.45, 7) is 0. The van der Waals surface area contributed by atoms with Crippen LogP contribution >= 0.6 is 34.8 Å². The van der Waals surface area contributed by atoms with Crippen LogP contribution in [0.15, 0.2) is 5.10 Å². The summed E-state index contributed by atoms with van der Waals surface area (Å²) < 4.78 is 0. The molecule has 1 aromatic rings. The summed E-state index contributed by atoms with van der Waals surface area (Å²) in [5.74, 6) is 0.980. The monoisotopic (exact) mass is 388 g/mol. The molecule has 0 spiro atoms. The number of pyridine rings is 1. The van der Waals surface area contributed by atoms with Gasteiger partial charge in [-0.05, 0) is 37.5 Å². The van der Waals surface area contributed by atoms with Crippen molar-refractivity contribution < 1.29 is 4.79 Å². The molecule has 5 nitrogen and oxygen atoms in total. The van der Waals surface area contributed by atoms with Crippen molar-refractivity contribution in [1.82, 2.24) is 10.4 Å². The van der Waals surface area contributed by atoms with E-state index in [-0.39, 0.29) is 26.6 Å². The van der Waals surface area contributed by atoms with Gasteiger partial charge in [0.15, 0.2) is 10.8 Å². The van der Waals surface area contributed by atoms with Crippen LogP contribution in [0.5, 0.6) is 0 Å². The zero-order chi connectivity index (χ0) is 17.3. The minimum absolute atomic E-state index is 0.0157. The standard InChI is InChI=1S/C16H19Cl3N4O/c17-11-13(20)12(18)15(19)21-14(11)16(24)23-22-10-6-5-8-3-1-2-4-9(8)7-10/h8-9H,1-7H2,(H2,20,21)(H,23,24)/t8-,9-/m0/s1. The Kier molecular flexibility index (Phi) is 5.52. The molecule has 3 rings (SSSR count). The van der Waals surface area contributed by atoms with Crippen molar-refractivity contribution >= 4 is 52.1 Å². The molecule has 2 atom stereocenters. The number of carbonyl (C=O) groups excluding carboxylic acids is 1. The van der Waals surface area contributed by atoms with E-state index >= 15 is 0 Å². The van der Waals surface area contributed by atoms with E-state index in [9.17, 15) is 4.79 Å². The number of fused-ring (bicyclic) bond motifs is 1. The van der Waals surface area contributed by atoms with E-state index in [0.29, 0.717) is 5.92 Å². The second kappa shape index (κ2) is 7.46. The number of hydrogen-bond acceptors (Lipinski definition) is 4. The molecule has 0 radical (unpaired) electrons. The Labute approximate surface area is 155 Å². The quantitative estimate of drug-likeness (QED) is 0.568. The highest BCUT2D eigenvalue weighted by atomic mass is 35.5. The second-order valence-corrected chi connectivity index (χ2v) is 7.57. The summed E-state index contributed by atoms with van der Waals surface area (Å²) in [6, 6.07) is 0. The maximum Gasteiger partial charge on any atom is 0.291 e. The number of anilines is 1. The number of nitrogens with zero attached hydrogens (tertiary/aromatic N) is 2. The largest absolute Gasteiger partial charge is 0.396 e. The number of amides is 1. The molecular formula is C16H19Cl3N4O. The summed E-state index contributed by atoms with van der Waals surface area (Å²) in [6.07, 6.45) is 8.25. The Hall–Kier alpha value is -1.04. The normalized spacial score (nSPS) is 25.4. The number of rotatable bonds is 2. The molecule has 2 aliphatic carbocycles. The Morgan fingerprint density at radius 2 is 1.83 bits per heavy atom. The first-order valence-electron chi connectivity index (χ1n) is 8.13. The van der Waals surface area contributed by atoms with Crippen LogP contribution in [0, 0.1) is 11.8 Å². The summed E-state index contributed by atoms with van der Waals surface area (Å²) >= 11 is 17.8. The second-order valence-electron chi connectivity index (χ2n) is 6.46. The van der Waals surface area contributed by atoms with Crippen molar-refractivity contribution in [3.05, 3.63) is 20.9 Å². The van der Waals surface area contributed by atoms with Gasteiger partial charge in [0.25, 0.3) is 5.91 Å². The molecule has 24 heavy (non-hydrogen) atoms. The van der Waals surface area contributed by atoms with Crippen molar-refractivity contribution in [2.45, 2.75) is 44.9 Å². The number of halogens is 3. The molecule has 0 aromatic carbocycles. The Morgan fingerprint density at radius 1 is 1.12 bits per heavy atom. The van der Waals surface area contributed by atoms with E-state index in [1.165, 1.54) is 25.7 Å². The third kappa shape index (κ3) is 3.63. The van der Waals surface area contributed by atoms with Gasteiger partial charge in [-0.15, -0.1) is 0 Å². The first-order valence-corrected chi connectivity index (χ1v) is 9.26. The number of hydrazone groups is 1. The van der Waals surface area contributed by atoms with Crippen LogP contribution in [0.1, 0.15) is 55.4 Å². The van der Waals surface area contributed by atoms with E-state index in [1.54, 1.807) is 0 Å². The summed E-state index contributed by atoms with van der Waals surface area (Å²) in [5, 5.41) is 4.24. The van der Waals surface area contributed by atoms with Gasteiger partial charge in [-0.3, -0.25) is 4.79 Å². The van der Waals surface area contributed by atoms with Crippen LogP contribution < -0.4 is 11.2 Å². The number of hydrogen-bond donors (Lipinski definition) is 2. The van der Waals surface area contributed by atoms with E-state index in [0.717, 1.165) is 30.9 Å². The zero-order valence-electron chi connectivity index (χ0n) is 13.1. The first-order chi connectivity index (χ1) is 11.5. The Balaban J connectivity index is 1.69. The molecule has 130 valence electrons. The molecule has 0 aliphatic heterocycles. The number of nitrogens with one attached hydrogen (secondary N) is 1. The van der Waals surface area contributed by atoms with Gasteiger partial charge in [0.1, 0.15) is 5.02 Å². The van der Waals surface area contributed by atoms with Crippen LogP contribution in [0.2, 0.25) is 15.2 Å². The van der Waals surface area contributed by atoms with E-state index in [4.69, 9.17) is 40.5 Å². The van der Waals surface area contributed by atoms with Crippen molar-refractivity contribution in [3.63, 3.8) is 0 Å². The fraction of sp³-hybridized carbons (Fsp3) is 0.562. The lowest BCUT2D eigenvalue weighted by Gasteiger charge is -2.35. The maximum absolute atomic E-state index is 12.3. The van der Waals surface area contributed by atoms with Crippen LogP contribution in [0.3, 0.4) is 0 Å². The molecule has 1 heterocycles. The molecule has 8 heteroatoms. The predicted octanol–water partition coefficient (Wildman–Crippen LogP) is 4.70. The van der Waals surface area contributed by atoms with E-state index < -0.39 is 5.91 Å². The van der Waals surface area contributed by atoms with Gasteiger partial charge in [-0.25, -0.2) is 10.4 Å². The fourth-order valence-corrected chi connectivity index (χ4v) is 4.25. The van der Waals surface area contributed by atoms with Crippen LogP contribution in [0.4, 0.5) is 5.69 Å². The highest BCUT2D eigenvalue weighted by Crippen LogP contribution is 2.39. The molecule has 0 unspecified atom stereocenters. The smallest absolute Gasteiger partial charge is 0.291 e. The van der Waals surface area contributed by atoms with Gasteiger partial charge in [-0.1, -0.05) is 54.1 Å². The molecular weight excluding hydrogens is 371 g/mol. The topological polar surface area (TPSA) is 80.4 Å². The van der Waals surface area contributed by atoms with E-state index in [2.05, 4.69) is 15.5 Å². The fourth-order valence-electron chi connectivity index (χ4n) is 3.66. The van der Waals surface area contributed by atoms with Crippen molar-refractivity contribution in [2.24, 2.45) is 16.9 Å². The van der Waals surface area contributed by atoms with Gasteiger partial charge < -0.3 is 5.73 Å². The first kappa shape index (κ1) is 17.8. The summed E-state index contributed by atoms with van der Waals surface area (Å²) in [7, 11) is 0. The molecule has 1 aromatic heterocycles. The van der Waals surface area contributed by atoms with Crippen LogP contribution in [-0.2, 0) is 0 Å². The average molecular weight is 390 g/mol. The minimum Gasteiger partial charge on any atom is -0.396 e. The number of nitrogen functional groups attached to an aromatic ring is 1. The number of carbonyl (C=O) groups is 1. The third-order valence-corrected chi connectivity index (χ3v) is 6.11. The van der Waals surface area contributed by atoms with Gasteiger partial charge in [0.2, 0.25) is 0 Å². The van der Waals surface area contributed by atoms with Crippen molar-refractivity contribution in [2.75, 3.05) is 5.73 Å². The highest BCUT2D eigenvalue weighted by molar-refractivity contribution is 6.46. The average Bonchev–Trinajstić information content (AvgIpc) is 2.60. The number of nitrogens with two attached hydrogens (primary N) is 1. The molecule has 3 N–H and O–H groups in total. The highest BCUT2D eigenvalue weighted by Gasteiger charge is 2.30. The third-order valence-electron chi connectivity index (χ3n) is 4.97. The van der Waals surface area contributed by atoms with Crippen LogP contribution in [-0.4, -0.2) is 16.6 Å². The molecule has 0 bridgehead atoms. The lowest BCUT2D eigenvalue weighted by atomic mass is 9.70. The van der Waals surface area contributed by atoms with Gasteiger partial charge in [0.05, 0.1) is 10.7 Å². The van der Waals surface area contributed by atoms with Gasteiger partial charge in [0, 0.05) is 5.71 Å².